The van der Waals surface area contributed by atoms with Gasteiger partial charge in [0.25, 0.3) is 0 Å². The predicted octanol–water partition coefficient (Wildman–Crippen LogP) is 1.66. The van der Waals surface area contributed by atoms with Crippen molar-refractivity contribution in [3.05, 3.63) is 11.4 Å². The van der Waals surface area contributed by atoms with Crippen LogP contribution in [0.15, 0.2) is 4.63 Å². The Balaban J connectivity index is 1.76. The second-order valence-corrected chi connectivity index (χ2v) is 4.25. The number of aryl methyl sites for hydroxylation is 1. The molecule has 0 atom stereocenters. The first-order chi connectivity index (χ1) is 6.76. The zero-order chi connectivity index (χ0) is 10.0. The number of aromatic nitrogens is 2. The molecule has 1 N–H and O–H groups in total. The maximum Gasteiger partial charge on any atom is 0.121 e. The summed E-state index contributed by atoms with van der Waals surface area (Å²) in [5, 5.41) is 11.0. The molecular formula is C10H17N3O. The standard InChI is InChI=1S/C10H17N3O/c1-3-10(4-5-10)7-11-6-9-8(2)12-14-13-9/h11H,3-7H2,1-2H3. The van der Waals surface area contributed by atoms with Gasteiger partial charge in [0.15, 0.2) is 0 Å². The first-order valence-corrected chi connectivity index (χ1v) is 5.24. The van der Waals surface area contributed by atoms with Crippen molar-refractivity contribution in [3.8, 4) is 0 Å². The normalized spacial score (nSPS) is 18.4. The monoisotopic (exact) mass is 195 g/mol. The van der Waals surface area contributed by atoms with Gasteiger partial charge in [-0.3, -0.25) is 0 Å². The fraction of sp³-hybridized carbons (Fsp3) is 0.800. The number of hydrogen-bond donors (Lipinski definition) is 1. The summed E-state index contributed by atoms with van der Waals surface area (Å²) in [5.74, 6) is 0. The number of nitrogens with one attached hydrogen (secondary N) is 1. The summed E-state index contributed by atoms with van der Waals surface area (Å²) in [5.41, 5.74) is 2.40. The van der Waals surface area contributed by atoms with Crippen LogP contribution in [0.4, 0.5) is 0 Å². The molecule has 1 saturated carbocycles. The van der Waals surface area contributed by atoms with Crippen molar-refractivity contribution in [2.45, 2.75) is 39.7 Å². The predicted molar refractivity (Wildman–Crippen MR) is 52.7 cm³/mol. The lowest BCUT2D eigenvalue weighted by Gasteiger charge is -2.12. The maximum absolute atomic E-state index is 4.63. The Hall–Kier alpha value is -0.900. The highest BCUT2D eigenvalue weighted by atomic mass is 16.6. The topological polar surface area (TPSA) is 51.0 Å². The third-order valence-corrected chi connectivity index (χ3v) is 3.25. The second kappa shape index (κ2) is 3.69. The highest BCUT2D eigenvalue weighted by Gasteiger charge is 2.39. The van der Waals surface area contributed by atoms with E-state index in [1.54, 1.807) is 0 Å². The van der Waals surface area contributed by atoms with E-state index in [9.17, 15) is 0 Å². The average molecular weight is 195 g/mol. The Labute approximate surface area is 84.0 Å². The van der Waals surface area contributed by atoms with Gasteiger partial charge in [-0.2, -0.15) is 0 Å². The molecule has 0 saturated heterocycles. The van der Waals surface area contributed by atoms with Crippen molar-refractivity contribution in [3.63, 3.8) is 0 Å². The van der Waals surface area contributed by atoms with Crippen molar-refractivity contribution in [1.82, 2.24) is 15.6 Å². The van der Waals surface area contributed by atoms with E-state index in [-0.39, 0.29) is 0 Å². The molecule has 0 spiro atoms. The molecule has 0 amide bonds. The van der Waals surface area contributed by atoms with Crippen LogP contribution in [0, 0.1) is 12.3 Å². The minimum absolute atomic E-state index is 0.588. The van der Waals surface area contributed by atoms with Crippen molar-refractivity contribution in [2.24, 2.45) is 5.41 Å². The van der Waals surface area contributed by atoms with E-state index in [4.69, 9.17) is 0 Å². The molecule has 14 heavy (non-hydrogen) atoms. The van der Waals surface area contributed by atoms with Crippen molar-refractivity contribution >= 4 is 0 Å². The largest absolute Gasteiger partial charge is 0.310 e. The first kappa shape index (κ1) is 9.65. The molecule has 0 unspecified atom stereocenters. The van der Waals surface area contributed by atoms with E-state index in [0.717, 1.165) is 24.5 Å². The van der Waals surface area contributed by atoms with E-state index < -0.39 is 0 Å². The zero-order valence-electron chi connectivity index (χ0n) is 8.84. The summed E-state index contributed by atoms with van der Waals surface area (Å²) >= 11 is 0. The van der Waals surface area contributed by atoms with Crippen LogP contribution in [0.2, 0.25) is 0 Å². The lowest BCUT2D eigenvalue weighted by atomic mass is 10.0. The van der Waals surface area contributed by atoms with Crippen LogP contribution in [0.5, 0.6) is 0 Å². The maximum atomic E-state index is 4.63. The van der Waals surface area contributed by atoms with E-state index in [0.29, 0.717) is 5.41 Å². The molecule has 0 aromatic carbocycles. The van der Waals surface area contributed by atoms with Gasteiger partial charge >= 0.3 is 0 Å². The fourth-order valence-corrected chi connectivity index (χ4v) is 1.69. The van der Waals surface area contributed by atoms with Gasteiger partial charge in [0.2, 0.25) is 0 Å². The molecule has 1 aliphatic carbocycles. The number of nitrogens with zero attached hydrogens (tertiary/aromatic N) is 2. The smallest absolute Gasteiger partial charge is 0.121 e. The molecule has 0 aliphatic heterocycles. The molecule has 1 aliphatic rings. The molecule has 1 aromatic heterocycles. The Bertz CT molecular complexity index is 304. The lowest BCUT2D eigenvalue weighted by molar-refractivity contribution is 0.299. The summed E-state index contributed by atoms with van der Waals surface area (Å²) in [7, 11) is 0. The van der Waals surface area contributed by atoms with E-state index in [2.05, 4.69) is 27.2 Å². The molecule has 1 fully saturated rings. The SMILES string of the molecule is CCC1(CNCc2nonc2C)CC1. The van der Waals surface area contributed by atoms with Crippen LogP contribution in [0.3, 0.4) is 0 Å². The minimum Gasteiger partial charge on any atom is -0.310 e. The lowest BCUT2D eigenvalue weighted by Crippen LogP contribution is -2.23. The van der Waals surface area contributed by atoms with Crippen LogP contribution < -0.4 is 5.32 Å². The van der Waals surface area contributed by atoms with Gasteiger partial charge in [-0.15, -0.1) is 0 Å². The van der Waals surface area contributed by atoms with Crippen LogP contribution in [0.1, 0.15) is 37.6 Å². The van der Waals surface area contributed by atoms with Crippen LogP contribution in [-0.2, 0) is 6.54 Å². The summed E-state index contributed by atoms with van der Waals surface area (Å²) in [6.07, 6.45) is 4.01. The summed E-state index contributed by atoms with van der Waals surface area (Å²) in [6.45, 7) is 6.05. The Kier molecular flexibility index (Phi) is 2.54. The van der Waals surface area contributed by atoms with Crippen molar-refractivity contribution in [2.75, 3.05) is 6.54 Å². The van der Waals surface area contributed by atoms with Crippen molar-refractivity contribution < 1.29 is 4.63 Å². The highest BCUT2D eigenvalue weighted by Crippen LogP contribution is 2.47. The van der Waals surface area contributed by atoms with Crippen molar-refractivity contribution in [1.29, 1.82) is 0 Å². The second-order valence-electron chi connectivity index (χ2n) is 4.25. The molecule has 4 heteroatoms. The Morgan fingerprint density at radius 3 is 2.71 bits per heavy atom. The van der Waals surface area contributed by atoms with E-state index >= 15 is 0 Å². The summed E-state index contributed by atoms with van der Waals surface area (Å²) < 4.78 is 4.63. The number of hydrogen-bond acceptors (Lipinski definition) is 4. The van der Waals surface area contributed by atoms with Gasteiger partial charge in [0.05, 0.1) is 0 Å². The molecule has 2 rings (SSSR count). The van der Waals surface area contributed by atoms with Gasteiger partial charge in [-0.25, -0.2) is 4.63 Å². The first-order valence-electron chi connectivity index (χ1n) is 5.24. The fourth-order valence-electron chi connectivity index (χ4n) is 1.69. The molecule has 4 nitrogen and oxygen atoms in total. The van der Waals surface area contributed by atoms with Crippen LogP contribution in [-0.4, -0.2) is 16.9 Å². The van der Waals surface area contributed by atoms with Gasteiger partial charge < -0.3 is 5.32 Å². The molecule has 0 radical (unpaired) electrons. The summed E-state index contributed by atoms with van der Waals surface area (Å²) in [6, 6.07) is 0. The molecule has 1 heterocycles. The van der Waals surface area contributed by atoms with Gasteiger partial charge in [-0.1, -0.05) is 17.2 Å². The van der Waals surface area contributed by atoms with Gasteiger partial charge in [-0.05, 0) is 31.6 Å². The molecule has 0 bridgehead atoms. The molecular weight excluding hydrogens is 178 g/mol. The summed E-state index contributed by atoms with van der Waals surface area (Å²) in [4.78, 5) is 0. The Morgan fingerprint density at radius 2 is 2.21 bits per heavy atom. The van der Waals surface area contributed by atoms with Crippen LogP contribution in [0.25, 0.3) is 0 Å². The van der Waals surface area contributed by atoms with E-state index in [1.165, 1.54) is 19.3 Å². The molecule has 1 aromatic rings. The quantitative estimate of drug-likeness (QED) is 0.776. The highest BCUT2D eigenvalue weighted by molar-refractivity contribution is 5.04. The third-order valence-electron chi connectivity index (χ3n) is 3.25. The Morgan fingerprint density at radius 1 is 1.43 bits per heavy atom. The van der Waals surface area contributed by atoms with E-state index in [1.807, 2.05) is 6.92 Å². The average Bonchev–Trinajstić information content (AvgIpc) is 2.86. The molecule has 78 valence electrons. The zero-order valence-corrected chi connectivity index (χ0v) is 8.84. The van der Waals surface area contributed by atoms with Gasteiger partial charge in [0.1, 0.15) is 11.4 Å². The minimum atomic E-state index is 0.588. The third kappa shape index (κ3) is 1.95. The van der Waals surface area contributed by atoms with Gasteiger partial charge in [0, 0.05) is 13.1 Å². The van der Waals surface area contributed by atoms with Crippen LogP contribution >= 0.6 is 0 Å². The number of rotatable bonds is 5.